The summed E-state index contributed by atoms with van der Waals surface area (Å²) < 4.78 is 5.50. The van der Waals surface area contributed by atoms with Gasteiger partial charge in [0.1, 0.15) is 23.1 Å². The van der Waals surface area contributed by atoms with Crippen molar-refractivity contribution in [3.63, 3.8) is 0 Å². The van der Waals surface area contributed by atoms with Crippen LogP contribution in [0.3, 0.4) is 0 Å². The third-order valence-corrected chi connectivity index (χ3v) is 4.49. The molecule has 114 valence electrons. The third kappa shape index (κ3) is 1.99. The first-order chi connectivity index (χ1) is 10.8. The largest absolute Gasteiger partial charge is 0.496 e. The number of aromatic amines is 1. The number of quaternary nitrogens is 1. The van der Waals surface area contributed by atoms with Gasteiger partial charge in [-0.2, -0.15) is 0 Å². The second-order valence-corrected chi connectivity index (χ2v) is 5.87. The number of aromatic nitrogens is 3. The van der Waals surface area contributed by atoms with Crippen LogP contribution in [-0.4, -0.2) is 55.3 Å². The smallest absolute Gasteiger partial charge is 0.156 e. The van der Waals surface area contributed by atoms with Gasteiger partial charge in [0.2, 0.25) is 0 Å². The molecule has 1 saturated heterocycles. The van der Waals surface area contributed by atoms with Gasteiger partial charge in [-0.15, -0.1) is 0 Å². The molecule has 1 fully saturated rings. The van der Waals surface area contributed by atoms with E-state index in [1.165, 1.54) is 0 Å². The van der Waals surface area contributed by atoms with E-state index in [2.05, 4.69) is 33.0 Å². The summed E-state index contributed by atoms with van der Waals surface area (Å²) in [4.78, 5) is 16.4. The maximum atomic E-state index is 5.50. The SMILES string of the molecule is COc1cccc2[nH]c3c(N4CC[NH+](C)CC4)ncnc3c12. The normalized spacial score (nSPS) is 16.5. The van der Waals surface area contributed by atoms with Gasteiger partial charge in [0, 0.05) is 0 Å². The number of ether oxygens (including phenoxy) is 1. The number of hydrogen-bond donors (Lipinski definition) is 2. The Morgan fingerprint density at radius 3 is 2.82 bits per heavy atom. The summed E-state index contributed by atoms with van der Waals surface area (Å²) in [5.74, 6) is 1.84. The predicted octanol–water partition coefficient (Wildman–Crippen LogP) is 0.454. The molecule has 1 aliphatic heterocycles. The fraction of sp³-hybridized carbons (Fsp3) is 0.375. The number of piperazine rings is 1. The minimum Gasteiger partial charge on any atom is -0.496 e. The lowest BCUT2D eigenvalue weighted by Crippen LogP contribution is -3.12. The van der Waals surface area contributed by atoms with Crippen LogP contribution in [0, 0.1) is 0 Å². The molecular weight excluding hydrogens is 278 g/mol. The Bertz CT molecular complexity index is 820. The highest BCUT2D eigenvalue weighted by Crippen LogP contribution is 2.34. The molecule has 2 aromatic heterocycles. The standard InChI is InChI=1S/C16H19N5O/c1-20-6-8-21(9-7-20)16-15-14(17-10-18-16)13-11(19-15)4-3-5-12(13)22-2/h3-5,10,19H,6-9H2,1-2H3/p+1. The van der Waals surface area contributed by atoms with E-state index in [-0.39, 0.29) is 0 Å². The summed E-state index contributed by atoms with van der Waals surface area (Å²) in [5.41, 5.74) is 2.97. The van der Waals surface area contributed by atoms with Gasteiger partial charge in [-0.25, -0.2) is 9.97 Å². The van der Waals surface area contributed by atoms with Crippen LogP contribution in [0.5, 0.6) is 5.75 Å². The van der Waals surface area contributed by atoms with Crippen LogP contribution in [-0.2, 0) is 0 Å². The number of H-pyrrole nitrogens is 1. The molecule has 6 nitrogen and oxygen atoms in total. The predicted molar refractivity (Wildman–Crippen MR) is 86.8 cm³/mol. The van der Waals surface area contributed by atoms with Crippen LogP contribution in [0.1, 0.15) is 0 Å². The maximum Gasteiger partial charge on any atom is 0.156 e. The number of methoxy groups -OCH3 is 1. The van der Waals surface area contributed by atoms with Gasteiger partial charge in [-0.3, -0.25) is 0 Å². The molecule has 0 spiro atoms. The maximum absolute atomic E-state index is 5.50. The molecule has 1 aliphatic rings. The van der Waals surface area contributed by atoms with Gasteiger partial charge in [-0.05, 0) is 12.1 Å². The zero-order chi connectivity index (χ0) is 15.1. The summed E-state index contributed by atoms with van der Waals surface area (Å²) >= 11 is 0. The molecule has 0 saturated carbocycles. The quantitative estimate of drug-likeness (QED) is 0.721. The molecular formula is C16H20N5O+. The first kappa shape index (κ1) is 13.3. The summed E-state index contributed by atoms with van der Waals surface area (Å²) in [6, 6.07) is 6.01. The zero-order valence-corrected chi connectivity index (χ0v) is 12.9. The summed E-state index contributed by atoms with van der Waals surface area (Å²) in [5, 5.41) is 1.03. The number of benzene rings is 1. The Morgan fingerprint density at radius 2 is 2.05 bits per heavy atom. The molecule has 4 rings (SSSR count). The van der Waals surface area contributed by atoms with Gasteiger partial charge in [0.05, 0.1) is 51.2 Å². The molecule has 3 aromatic rings. The van der Waals surface area contributed by atoms with Crippen LogP contribution in [0.15, 0.2) is 24.5 Å². The van der Waals surface area contributed by atoms with E-state index in [1.54, 1.807) is 18.3 Å². The number of hydrogen-bond acceptors (Lipinski definition) is 4. The van der Waals surface area contributed by atoms with Gasteiger partial charge in [0.15, 0.2) is 5.82 Å². The highest BCUT2D eigenvalue weighted by molar-refractivity contribution is 6.11. The Morgan fingerprint density at radius 1 is 1.23 bits per heavy atom. The Labute approximate surface area is 128 Å². The number of likely N-dealkylation sites (N-methyl/N-ethyl adjacent to an activating group) is 1. The van der Waals surface area contributed by atoms with E-state index < -0.39 is 0 Å². The topological polar surface area (TPSA) is 58.5 Å². The van der Waals surface area contributed by atoms with E-state index in [4.69, 9.17) is 4.74 Å². The van der Waals surface area contributed by atoms with Crippen molar-refractivity contribution in [2.24, 2.45) is 0 Å². The minimum absolute atomic E-state index is 0.844. The van der Waals surface area contributed by atoms with Crippen molar-refractivity contribution in [1.82, 2.24) is 15.0 Å². The van der Waals surface area contributed by atoms with E-state index in [0.717, 1.165) is 59.7 Å². The van der Waals surface area contributed by atoms with E-state index in [9.17, 15) is 0 Å². The number of nitrogens with one attached hydrogen (secondary N) is 2. The van der Waals surface area contributed by atoms with Crippen LogP contribution in [0.25, 0.3) is 21.9 Å². The fourth-order valence-electron chi connectivity index (χ4n) is 3.21. The van der Waals surface area contributed by atoms with Gasteiger partial charge in [0.25, 0.3) is 0 Å². The van der Waals surface area contributed by atoms with Crippen LogP contribution < -0.4 is 14.5 Å². The lowest BCUT2D eigenvalue weighted by molar-refractivity contribution is -0.880. The minimum atomic E-state index is 0.844. The van der Waals surface area contributed by atoms with E-state index in [1.807, 2.05) is 12.1 Å². The number of rotatable bonds is 2. The molecule has 0 unspecified atom stereocenters. The second kappa shape index (κ2) is 5.14. The van der Waals surface area contributed by atoms with Crippen molar-refractivity contribution in [3.8, 4) is 5.75 Å². The van der Waals surface area contributed by atoms with Gasteiger partial charge in [-0.1, -0.05) is 6.07 Å². The van der Waals surface area contributed by atoms with E-state index in [0.29, 0.717) is 0 Å². The average Bonchev–Trinajstić information content (AvgIpc) is 2.94. The first-order valence-electron chi connectivity index (χ1n) is 7.63. The molecule has 6 heteroatoms. The van der Waals surface area contributed by atoms with E-state index >= 15 is 0 Å². The van der Waals surface area contributed by atoms with Gasteiger partial charge >= 0.3 is 0 Å². The van der Waals surface area contributed by atoms with Crippen LogP contribution in [0.4, 0.5) is 5.82 Å². The van der Waals surface area contributed by atoms with Crippen molar-refractivity contribution >= 4 is 27.8 Å². The summed E-state index contributed by atoms with van der Waals surface area (Å²) in [6.45, 7) is 4.30. The average molecular weight is 298 g/mol. The summed E-state index contributed by atoms with van der Waals surface area (Å²) in [7, 11) is 3.93. The molecule has 0 bridgehead atoms. The lowest BCUT2D eigenvalue weighted by atomic mass is 10.2. The Kier molecular flexibility index (Phi) is 3.11. The number of nitrogens with zero attached hydrogens (tertiary/aromatic N) is 3. The first-order valence-corrected chi connectivity index (χ1v) is 7.63. The highest BCUT2D eigenvalue weighted by atomic mass is 16.5. The number of anilines is 1. The molecule has 22 heavy (non-hydrogen) atoms. The molecule has 0 atom stereocenters. The third-order valence-electron chi connectivity index (χ3n) is 4.49. The number of fused-ring (bicyclic) bond motifs is 3. The monoisotopic (exact) mass is 298 g/mol. The summed E-state index contributed by atoms with van der Waals surface area (Å²) in [6.07, 6.45) is 1.66. The van der Waals surface area contributed by atoms with Gasteiger partial charge < -0.3 is 19.5 Å². The van der Waals surface area contributed by atoms with Crippen molar-refractivity contribution in [2.45, 2.75) is 0 Å². The molecule has 3 heterocycles. The fourth-order valence-corrected chi connectivity index (χ4v) is 3.21. The van der Waals surface area contributed by atoms with Crippen molar-refractivity contribution in [1.29, 1.82) is 0 Å². The molecule has 0 aliphatic carbocycles. The molecule has 0 amide bonds. The molecule has 1 aromatic carbocycles. The Hall–Kier alpha value is -2.34. The van der Waals surface area contributed by atoms with Crippen molar-refractivity contribution in [3.05, 3.63) is 24.5 Å². The van der Waals surface area contributed by atoms with Crippen molar-refractivity contribution < 1.29 is 9.64 Å². The van der Waals surface area contributed by atoms with Crippen LogP contribution >= 0.6 is 0 Å². The Balaban J connectivity index is 1.90. The lowest BCUT2D eigenvalue weighted by Gasteiger charge is -2.30. The van der Waals surface area contributed by atoms with Crippen LogP contribution in [0.2, 0.25) is 0 Å². The molecule has 2 N–H and O–H groups in total. The second-order valence-electron chi connectivity index (χ2n) is 5.87. The zero-order valence-electron chi connectivity index (χ0n) is 12.9. The molecule has 0 radical (unpaired) electrons. The van der Waals surface area contributed by atoms with Crippen molar-refractivity contribution in [2.75, 3.05) is 45.2 Å². The highest BCUT2D eigenvalue weighted by Gasteiger charge is 2.22.